The van der Waals surface area contributed by atoms with Gasteiger partial charge >= 0.3 is 0 Å². The number of hydrogen-bond donors (Lipinski definition) is 0. The largest absolute Gasteiger partial charge is 0.345 e. The molecule has 3 aromatic rings. The molecule has 2 bridgehead atoms. The normalized spacial score (nSPS) is 25.6. The molecule has 3 atom stereocenters. The van der Waals surface area contributed by atoms with Gasteiger partial charge in [0.25, 0.3) is 0 Å². The molecule has 3 aliphatic rings. The molecule has 6 rings (SSSR count). The lowest BCUT2D eigenvalue weighted by atomic mass is 9.70. The summed E-state index contributed by atoms with van der Waals surface area (Å²) in [4.78, 5) is 13.4. The SMILES string of the molecule is [C-]#[N+]N=C(SC)N1CCC(CCN2[C@@H]3CC[C@H]2CC(n2c(C)nc4ccccc42)C3)(c2ccccc2)CC1. The van der Waals surface area contributed by atoms with Crippen molar-refractivity contribution in [2.45, 2.75) is 75.4 Å². The lowest BCUT2D eigenvalue weighted by Crippen LogP contribution is -2.48. The minimum Gasteiger partial charge on any atom is -0.345 e. The fourth-order valence-corrected chi connectivity index (χ4v) is 8.23. The van der Waals surface area contributed by atoms with Crippen molar-refractivity contribution in [1.82, 2.24) is 19.4 Å². The Bertz CT molecular complexity index is 1320. The second-order valence-electron chi connectivity index (χ2n) is 11.3. The summed E-state index contributed by atoms with van der Waals surface area (Å²) in [7, 11) is 0. The van der Waals surface area contributed by atoms with E-state index in [-0.39, 0.29) is 5.41 Å². The number of nitrogens with zero attached hydrogens (tertiary/aromatic N) is 6. The fraction of sp³-hybridized carbons (Fsp3) is 0.516. The molecule has 7 heteroatoms. The van der Waals surface area contributed by atoms with Gasteiger partial charge in [-0.15, -0.1) is 4.95 Å². The van der Waals surface area contributed by atoms with E-state index in [1.807, 2.05) is 6.26 Å². The van der Waals surface area contributed by atoms with Crippen LogP contribution in [0.2, 0.25) is 0 Å². The number of amidine groups is 1. The molecule has 4 heterocycles. The maximum absolute atomic E-state index is 7.19. The number of thioether (sulfide) groups is 1. The molecule has 1 unspecified atom stereocenters. The van der Waals surface area contributed by atoms with E-state index in [1.54, 1.807) is 11.8 Å². The summed E-state index contributed by atoms with van der Waals surface area (Å²) in [5.74, 6) is 1.16. The minimum atomic E-state index is 0.187. The molecular formula is C31H38N6S. The van der Waals surface area contributed by atoms with E-state index in [9.17, 15) is 0 Å². The highest BCUT2D eigenvalue weighted by Crippen LogP contribution is 2.45. The molecule has 198 valence electrons. The highest BCUT2D eigenvalue weighted by molar-refractivity contribution is 8.13. The molecule has 0 radical (unpaired) electrons. The molecule has 38 heavy (non-hydrogen) atoms. The van der Waals surface area contributed by atoms with Crippen LogP contribution < -0.4 is 0 Å². The monoisotopic (exact) mass is 526 g/mol. The molecule has 0 aliphatic carbocycles. The van der Waals surface area contributed by atoms with Gasteiger partial charge in [-0.3, -0.25) is 4.90 Å². The van der Waals surface area contributed by atoms with E-state index in [0.717, 1.165) is 42.4 Å². The van der Waals surface area contributed by atoms with Crippen LogP contribution in [0.1, 0.15) is 62.4 Å². The molecule has 3 aliphatic heterocycles. The van der Waals surface area contributed by atoms with E-state index in [4.69, 9.17) is 11.6 Å². The van der Waals surface area contributed by atoms with Crippen molar-refractivity contribution in [3.63, 3.8) is 0 Å². The van der Waals surface area contributed by atoms with Crippen molar-refractivity contribution in [1.29, 1.82) is 0 Å². The molecule has 0 spiro atoms. The van der Waals surface area contributed by atoms with E-state index in [2.05, 4.69) is 85.9 Å². The van der Waals surface area contributed by atoms with E-state index >= 15 is 0 Å². The summed E-state index contributed by atoms with van der Waals surface area (Å²) < 4.78 is 2.53. The summed E-state index contributed by atoms with van der Waals surface area (Å²) in [6.07, 6.45) is 10.6. The summed E-state index contributed by atoms with van der Waals surface area (Å²) >= 11 is 1.59. The number of rotatable bonds is 5. The predicted octanol–water partition coefficient (Wildman–Crippen LogP) is 6.49. The number of aryl methyl sites for hydroxylation is 1. The number of para-hydroxylation sites is 2. The Hall–Kier alpha value is -2.82. The Kier molecular flexibility index (Phi) is 7.20. The molecule has 2 aromatic carbocycles. The first-order chi connectivity index (χ1) is 18.6. The number of aromatic nitrogens is 2. The number of piperidine rings is 2. The van der Waals surface area contributed by atoms with Crippen molar-refractivity contribution in [2.75, 3.05) is 25.9 Å². The Balaban J connectivity index is 1.18. The van der Waals surface area contributed by atoms with Gasteiger partial charge in [0.15, 0.2) is 0 Å². The first-order valence-electron chi connectivity index (χ1n) is 14.1. The van der Waals surface area contributed by atoms with Crippen LogP contribution in [-0.2, 0) is 5.41 Å². The molecular weight excluding hydrogens is 488 g/mol. The fourth-order valence-electron chi connectivity index (χ4n) is 7.67. The Morgan fingerprint density at radius 3 is 2.39 bits per heavy atom. The maximum atomic E-state index is 7.19. The molecule has 3 fully saturated rings. The number of benzene rings is 2. The highest BCUT2D eigenvalue weighted by Gasteiger charge is 2.44. The second-order valence-corrected chi connectivity index (χ2v) is 12.1. The van der Waals surface area contributed by atoms with Gasteiger partial charge in [-0.1, -0.05) is 54.2 Å². The average Bonchev–Trinajstić information content (AvgIpc) is 3.42. The summed E-state index contributed by atoms with van der Waals surface area (Å²) in [6.45, 7) is 12.5. The van der Waals surface area contributed by atoms with Crippen molar-refractivity contribution < 1.29 is 0 Å². The topological polar surface area (TPSA) is 41.0 Å². The van der Waals surface area contributed by atoms with E-state index in [0.29, 0.717) is 18.1 Å². The van der Waals surface area contributed by atoms with Gasteiger partial charge in [0, 0.05) is 31.2 Å². The number of imidazole rings is 1. The molecule has 3 saturated heterocycles. The first-order valence-corrected chi connectivity index (χ1v) is 15.3. The van der Waals surface area contributed by atoms with Gasteiger partial charge in [0.2, 0.25) is 5.17 Å². The zero-order valence-electron chi connectivity index (χ0n) is 22.6. The third-order valence-corrected chi connectivity index (χ3v) is 10.2. The van der Waals surface area contributed by atoms with Crippen LogP contribution in [0.15, 0.2) is 59.7 Å². The highest BCUT2D eigenvalue weighted by atomic mass is 32.2. The Labute approximate surface area is 230 Å². The molecule has 0 amide bonds. The van der Waals surface area contributed by atoms with Crippen molar-refractivity contribution >= 4 is 28.0 Å². The van der Waals surface area contributed by atoms with Crippen LogP contribution in [0, 0.1) is 13.5 Å². The average molecular weight is 527 g/mol. The minimum absolute atomic E-state index is 0.187. The van der Waals surface area contributed by atoms with E-state index in [1.165, 1.54) is 49.7 Å². The van der Waals surface area contributed by atoms with Crippen LogP contribution in [0.3, 0.4) is 0 Å². The van der Waals surface area contributed by atoms with Gasteiger partial charge in [0.05, 0.1) is 11.0 Å². The molecule has 0 N–H and O–H groups in total. The Morgan fingerprint density at radius 1 is 1.03 bits per heavy atom. The zero-order valence-corrected chi connectivity index (χ0v) is 23.4. The van der Waals surface area contributed by atoms with Crippen LogP contribution in [-0.4, -0.2) is 62.5 Å². The van der Waals surface area contributed by atoms with Crippen molar-refractivity contribution in [3.8, 4) is 0 Å². The first kappa shape index (κ1) is 25.5. The van der Waals surface area contributed by atoms with E-state index < -0.39 is 0 Å². The maximum Gasteiger partial charge on any atom is 0.246 e. The second kappa shape index (κ2) is 10.7. The summed E-state index contributed by atoms with van der Waals surface area (Å²) in [5.41, 5.74) is 4.09. The van der Waals surface area contributed by atoms with Gasteiger partial charge in [0.1, 0.15) is 10.9 Å². The van der Waals surface area contributed by atoms with Crippen LogP contribution in [0.5, 0.6) is 0 Å². The standard InChI is InChI=1S/C31H38N6S/c1-23-33-28-11-7-8-12-29(28)37(23)27-21-25-13-14-26(22-27)36(25)20-17-31(24-9-5-4-6-10-24)15-18-35(19-16-31)30(38-3)34-32-2/h4-12,25-27H,13-22H2,1,3H3/t25-,26+,27?. The Morgan fingerprint density at radius 2 is 1.71 bits per heavy atom. The van der Waals surface area contributed by atoms with Crippen molar-refractivity contribution in [2.24, 2.45) is 5.10 Å². The smallest absolute Gasteiger partial charge is 0.246 e. The summed E-state index contributed by atoms with van der Waals surface area (Å²) in [5, 5.41) is 4.94. The third-order valence-electron chi connectivity index (χ3n) is 9.54. The van der Waals surface area contributed by atoms with Crippen LogP contribution >= 0.6 is 11.8 Å². The number of hydrogen-bond acceptors (Lipinski definition) is 4. The lowest BCUT2D eigenvalue weighted by molar-refractivity contribution is 0.0890. The van der Waals surface area contributed by atoms with Crippen molar-refractivity contribution in [3.05, 3.63) is 77.5 Å². The van der Waals surface area contributed by atoms with Crippen LogP contribution in [0.25, 0.3) is 16.0 Å². The number of likely N-dealkylation sites (tertiary alicyclic amines) is 1. The molecule has 0 saturated carbocycles. The zero-order chi connectivity index (χ0) is 26.1. The molecule has 6 nitrogen and oxygen atoms in total. The quantitative estimate of drug-likeness (QED) is 0.165. The molecule has 1 aromatic heterocycles. The van der Waals surface area contributed by atoms with Gasteiger partial charge in [-0.05, 0) is 87.8 Å². The lowest BCUT2D eigenvalue weighted by Gasteiger charge is -2.45. The number of fused-ring (bicyclic) bond motifs is 3. The third kappa shape index (κ3) is 4.63. The predicted molar refractivity (Wildman–Crippen MR) is 157 cm³/mol. The summed E-state index contributed by atoms with van der Waals surface area (Å²) in [6, 6.07) is 21.7. The van der Waals surface area contributed by atoms with Gasteiger partial charge in [-0.2, -0.15) is 6.57 Å². The van der Waals surface area contributed by atoms with Gasteiger partial charge < -0.3 is 9.47 Å². The van der Waals surface area contributed by atoms with Gasteiger partial charge in [-0.25, -0.2) is 4.98 Å². The van der Waals surface area contributed by atoms with Crippen LogP contribution in [0.4, 0.5) is 0 Å².